The summed E-state index contributed by atoms with van der Waals surface area (Å²) in [5.41, 5.74) is 0.583. The Balaban J connectivity index is 1.86. The van der Waals surface area contributed by atoms with Gasteiger partial charge in [-0.15, -0.1) is 0 Å². The van der Waals surface area contributed by atoms with Gasteiger partial charge in [-0.25, -0.2) is 8.78 Å². The van der Waals surface area contributed by atoms with E-state index < -0.39 is 36.9 Å². The van der Waals surface area contributed by atoms with Crippen molar-refractivity contribution in [3.8, 4) is 5.75 Å². The molecular weight excluding hydrogens is 282 g/mol. The molecule has 3 N–H and O–H groups in total. The molecule has 0 aliphatic carbocycles. The van der Waals surface area contributed by atoms with E-state index in [0.29, 0.717) is 11.3 Å². The molecule has 2 unspecified atom stereocenters. The van der Waals surface area contributed by atoms with Gasteiger partial charge in [-0.05, 0) is 17.7 Å². The molecule has 0 bridgehead atoms. The van der Waals surface area contributed by atoms with Crippen molar-refractivity contribution in [2.45, 2.75) is 24.5 Å². The van der Waals surface area contributed by atoms with Gasteiger partial charge in [-0.3, -0.25) is 10.1 Å². The Labute approximate surface area is 121 Å². The van der Waals surface area contributed by atoms with Gasteiger partial charge in [0.05, 0.1) is 25.8 Å². The highest BCUT2D eigenvalue weighted by Crippen LogP contribution is 2.25. The average Bonchev–Trinajstić information content (AvgIpc) is 2.84. The number of nitrogens with one attached hydrogen (secondary N) is 2. The van der Waals surface area contributed by atoms with Gasteiger partial charge in [0, 0.05) is 13.0 Å². The van der Waals surface area contributed by atoms with E-state index in [9.17, 15) is 18.7 Å². The molecule has 1 aromatic carbocycles. The van der Waals surface area contributed by atoms with Crippen LogP contribution in [-0.2, 0) is 4.79 Å². The summed E-state index contributed by atoms with van der Waals surface area (Å²) in [7, 11) is 1.51. The third-order valence-corrected chi connectivity index (χ3v) is 3.37. The van der Waals surface area contributed by atoms with Gasteiger partial charge < -0.3 is 15.2 Å². The van der Waals surface area contributed by atoms with Crippen LogP contribution in [0.3, 0.4) is 0 Å². The van der Waals surface area contributed by atoms with Gasteiger partial charge >= 0.3 is 0 Å². The van der Waals surface area contributed by atoms with E-state index in [1.54, 1.807) is 24.3 Å². The van der Waals surface area contributed by atoms with E-state index in [0.717, 1.165) is 0 Å². The molecule has 2 atom stereocenters. The fraction of sp³-hybridized carbons (Fsp3) is 0.500. The summed E-state index contributed by atoms with van der Waals surface area (Å²) in [6.45, 7) is -0.542. The molecular formula is C14H18F2N2O3. The second kappa shape index (κ2) is 6.36. The van der Waals surface area contributed by atoms with Crippen LogP contribution in [-0.4, -0.2) is 43.2 Å². The van der Waals surface area contributed by atoms with Crippen LogP contribution in [0.15, 0.2) is 24.3 Å². The number of aliphatic hydroxyl groups is 1. The molecule has 21 heavy (non-hydrogen) atoms. The molecule has 0 aromatic heterocycles. The van der Waals surface area contributed by atoms with Crippen LogP contribution in [0.5, 0.6) is 5.75 Å². The smallest absolute Gasteiger partial charge is 0.262 e. The number of amides is 1. The lowest BCUT2D eigenvalue weighted by molar-refractivity contribution is -0.123. The number of carbonyl (C=O) groups is 1. The number of ether oxygens (including phenoxy) is 1. The fourth-order valence-electron chi connectivity index (χ4n) is 2.19. The highest BCUT2D eigenvalue weighted by molar-refractivity contribution is 5.82. The summed E-state index contributed by atoms with van der Waals surface area (Å²) in [6.07, 6.45) is -1.44. The molecule has 116 valence electrons. The van der Waals surface area contributed by atoms with Crippen LogP contribution in [0.25, 0.3) is 0 Å². The van der Waals surface area contributed by atoms with Crippen LogP contribution in [0.1, 0.15) is 18.1 Å². The Hall–Kier alpha value is -1.73. The number of hydrogen-bond acceptors (Lipinski definition) is 4. The van der Waals surface area contributed by atoms with Crippen molar-refractivity contribution in [2.24, 2.45) is 0 Å². The molecule has 1 heterocycles. The first-order valence-corrected chi connectivity index (χ1v) is 6.62. The van der Waals surface area contributed by atoms with Crippen molar-refractivity contribution >= 4 is 5.91 Å². The molecule has 1 fully saturated rings. The number of carbonyl (C=O) groups excluding carboxylic acids is 1. The van der Waals surface area contributed by atoms with Crippen LogP contribution in [0.4, 0.5) is 8.78 Å². The minimum absolute atomic E-state index is 0.0459. The summed E-state index contributed by atoms with van der Waals surface area (Å²) in [5, 5.41) is 14.9. The first-order chi connectivity index (χ1) is 9.91. The summed E-state index contributed by atoms with van der Waals surface area (Å²) in [6, 6.07) is 5.88. The number of rotatable bonds is 5. The van der Waals surface area contributed by atoms with Gasteiger partial charge in [0.2, 0.25) is 5.91 Å². The van der Waals surface area contributed by atoms with Gasteiger partial charge in [0.15, 0.2) is 0 Å². The largest absolute Gasteiger partial charge is 0.497 e. The average molecular weight is 300 g/mol. The maximum Gasteiger partial charge on any atom is 0.262 e. The number of hydrogen-bond donors (Lipinski definition) is 3. The van der Waals surface area contributed by atoms with Gasteiger partial charge in [-0.2, -0.15) is 0 Å². The molecule has 1 aliphatic heterocycles. The van der Waals surface area contributed by atoms with Crippen LogP contribution < -0.4 is 15.4 Å². The third-order valence-electron chi connectivity index (χ3n) is 3.37. The van der Waals surface area contributed by atoms with Crippen molar-refractivity contribution in [2.75, 3.05) is 20.2 Å². The Morgan fingerprint density at radius 1 is 1.62 bits per heavy atom. The molecule has 1 aliphatic rings. The number of alkyl halides is 2. The second-order valence-corrected chi connectivity index (χ2v) is 5.03. The highest BCUT2D eigenvalue weighted by atomic mass is 19.3. The zero-order valence-corrected chi connectivity index (χ0v) is 11.6. The Morgan fingerprint density at radius 2 is 2.38 bits per heavy atom. The maximum atomic E-state index is 13.0. The number of halogens is 2. The Kier molecular flexibility index (Phi) is 4.74. The minimum Gasteiger partial charge on any atom is -0.497 e. The zero-order valence-electron chi connectivity index (χ0n) is 11.6. The van der Waals surface area contributed by atoms with E-state index in [1.807, 2.05) is 0 Å². The van der Waals surface area contributed by atoms with E-state index in [-0.39, 0.29) is 6.54 Å². The first-order valence-electron chi connectivity index (χ1n) is 6.62. The lowest BCUT2D eigenvalue weighted by atomic mass is 10.1. The summed E-state index contributed by atoms with van der Waals surface area (Å²) in [4.78, 5) is 11.7. The summed E-state index contributed by atoms with van der Waals surface area (Å²) >= 11 is 0. The molecule has 0 saturated carbocycles. The lowest BCUT2D eigenvalue weighted by Gasteiger charge is -2.15. The van der Waals surface area contributed by atoms with Crippen molar-refractivity contribution < 1.29 is 23.4 Å². The number of methoxy groups -OCH3 is 1. The summed E-state index contributed by atoms with van der Waals surface area (Å²) < 4.78 is 31.0. The standard InChI is InChI=1S/C14H18F2N2O3/c1-21-10-4-2-3-9(5-10)12(19)7-17-13(20)11-6-14(15,16)8-18-11/h2-5,11-12,18-19H,6-8H2,1H3,(H,17,20). The van der Waals surface area contributed by atoms with Crippen LogP contribution in [0, 0.1) is 0 Å². The molecule has 0 radical (unpaired) electrons. The SMILES string of the molecule is COc1cccc(C(O)CNC(=O)C2CC(F)(F)CN2)c1. The van der Waals surface area contributed by atoms with E-state index >= 15 is 0 Å². The highest BCUT2D eigenvalue weighted by Gasteiger charge is 2.42. The summed E-state index contributed by atoms with van der Waals surface area (Å²) in [5.74, 6) is -2.79. The number of aliphatic hydroxyl groups excluding tert-OH is 1. The van der Waals surface area contributed by atoms with Gasteiger partial charge in [0.25, 0.3) is 5.92 Å². The topological polar surface area (TPSA) is 70.6 Å². The lowest BCUT2D eigenvalue weighted by Crippen LogP contribution is -2.41. The molecule has 0 spiro atoms. The van der Waals surface area contributed by atoms with E-state index in [4.69, 9.17) is 4.74 Å². The molecule has 1 aromatic rings. The minimum atomic E-state index is -2.85. The van der Waals surface area contributed by atoms with E-state index in [2.05, 4.69) is 10.6 Å². The quantitative estimate of drug-likeness (QED) is 0.754. The third kappa shape index (κ3) is 4.12. The Bertz CT molecular complexity index is 511. The molecule has 5 nitrogen and oxygen atoms in total. The Morgan fingerprint density at radius 3 is 3.00 bits per heavy atom. The molecule has 1 amide bonds. The fourth-order valence-corrected chi connectivity index (χ4v) is 2.19. The maximum absolute atomic E-state index is 13.0. The zero-order chi connectivity index (χ0) is 15.5. The first kappa shape index (κ1) is 15.7. The van der Waals surface area contributed by atoms with Crippen molar-refractivity contribution in [3.05, 3.63) is 29.8 Å². The van der Waals surface area contributed by atoms with Crippen LogP contribution >= 0.6 is 0 Å². The van der Waals surface area contributed by atoms with Crippen molar-refractivity contribution in [1.82, 2.24) is 10.6 Å². The number of benzene rings is 1. The molecule has 1 saturated heterocycles. The van der Waals surface area contributed by atoms with Crippen LogP contribution in [0.2, 0.25) is 0 Å². The van der Waals surface area contributed by atoms with Gasteiger partial charge in [0.1, 0.15) is 5.75 Å². The molecule has 7 heteroatoms. The van der Waals surface area contributed by atoms with Crippen molar-refractivity contribution in [3.63, 3.8) is 0 Å². The second-order valence-electron chi connectivity index (χ2n) is 5.03. The van der Waals surface area contributed by atoms with Gasteiger partial charge in [-0.1, -0.05) is 12.1 Å². The predicted molar refractivity (Wildman–Crippen MR) is 72.3 cm³/mol. The van der Waals surface area contributed by atoms with E-state index in [1.165, 1.54) is 7.11 Å². The normalized spacial score (nSPS) is 21.8. The van der Waals surface area contributed by atoms with Crippen molar-refractivity contribution in [1.29, 1.82) is 0 Å². The monoisotopic (exact) mass is 300 g/mol. The predicted octanol–water partition coefficient (Wildman–Crippen LogP) is 0.842. The molecule has 2 rings (SSSR count).